The second-order valence-electron chi connectivity index (χ2n) is 3.33. The molecule has 1 unspecified atom stereocenters. The van der Waals surface area contributed by atoms with Crippen molar-refractivity contribution in [3.05, 3.63) is 29.8 Å². The summed E-state index contributed by atoms with van der Waals surface area (Å²) in [6, 6.07) is 5.83. The van der Waals surface area contributed by atoms with E-state index < -0.39 is 12.3 Å². The number of carbonyl (C=O) groups is 1. The van der Waals surface area contributed by atoms with Gasteiger partial charge in [0.25, 0.3) is 0 Å². The Kier molecular flexibility index (Phi) is 3.38. The van der Waals surface area contributed by atoms with Crippen molar-refractivity contribution >= 4 is 5.97 Å². The summed E-state index contributed by atoms with van der Waals surface area (Å²) in [4.78, 5) is 11.6. The van der Waals surface area contributed by atoms with E-state index in [0.717, 1.165) is 0 Å². The van der Waals surface area contributed by atoms with Gasteiger partial charge in [-0.25, -0.2) is 4.79 Å². The zero-order chi connectivity index (χ0) is 11.4. The average molecular weight is 224 g/mol. The first kappa shape index (κ1) is 10.9. The van der Waals surface area contributed by atoms with E-state index in [4.69, 9.17) is 19.3 Å². The van der Waals surface area contributed by atoms with Crippen LogP contribution >= 0.6 is 0 Å². The minimum Gasteiger partial charge on any atom is -0.508 e. The zero-order valence-corrected chi connectivity index (χ0v) is 8.59. The molecule has 1 fully saturated rings. The number of hydrogen-bond acceptors (Lipinski definition) is 5. The second-order valence-corrected chi connectivity index (χ2v) is 3.33. The number of rotatable bonds is 2. The summed E-state index contributed by atoms with van der Waals surface area (Å²) < 4.78 is 15.3. The number of phenols is 1. The van der Waals surface area contributed by atoms with Crippen LogP contribution < -0.4 is 0 Å². The van der Waals surface area contributed by atoms with Gasteiger partial charge in [-0.15, -0.1) is 0 Å². The van der Waals surface area contributed by atoms with Gasteiger partial charge in [0.1, 0.15) is 12.4 Å². The Labute approximate surface area is 92.5 Å². The lowest BCUT2D eigenvalue weighted by molar-refractivity contribution is -0.186. The van der Waals surface area contributed by atoms with Crippen molar-refractivity contribution in [1.82, 2.24) is 0 Å². The molecule has 1 atom stereocenters. The largest absolute Gasteiger partial charge is 0.508 e. The summed E-state index contributed by atoms with van der Waals surface area (Å²) in [5.74, 6) is -0.385. The maximum atomic E-state index is 11.6. The van der Waals surface area contributed by atoms with E-state index in [1.54, 1.807) is 0 Å². The van der Waals surface area contributed by atoms with Gasteiger partial charge < -0.3 is 19.3 Å². The van der Waals surface area contributed by atoms with Crippen LogP contribution in [0.4, 0.5) is 0 Å². The van der Waals surface area contributed by atoms with Crippen molar-refractivity contribution in [2.24, 2.45) is 0 Å². The van der Waals surface area contributed by atoms with E-state index >= 15 is 0 Å². The summed E-state index contributed by atoms with van der Waals surface area (Å²) in [5, 5.41) is 9.06. The molecule has 1 aromatic rings. The Bertz CT molecular complexity index is 353. The number of esters is 1. The number of carbonyl (C=O) groups excluding carboxylic acids is 1. The van der Waals surface area contributed by atoms with Gasteiger partial charge in [0.05, 0.1) is 18.8 Å². The summed E-state index contributed by atoms with van der Waals surface area (Å²) in [6.45, 7) is 1.20. The van der Waals surface area contributed by atoms with Crippen LogP contribution in [0.2, 0.25) is 0 Å². The summed E-state index contributed by atoms with van der Waals surface area (Å²) in [6.07, 6.45) is -0.643. The van der Waals surface area contributed by atoms with Crippen LogP contribution in [0.3, 0.4) is 0 Å². The van der Waals surface area contributed by atoms with Gasteiger partial charge in [0.2, 0.25) is 6.29 Å². The molecule has 1 N–H and O–H groups in total. The van der Waals surface area contributed by atoms with Gasteiger partial charge in [-0.3, -0.25) is 0 Å². The number of phenolic OH excluding ortho intramolecular Hbond substituents is 1. The fourth-order valence-corrected chi connectivity index (χ4v) is 1.32. The lowest BCUT2D eigenvalue weighted by Gasteiger charge is -2.22. The van der Waals surface area contributed by atoms with Gasteiger partial charge in [-0.05, 0) is 24.3 Å². The molecule has 0 aromatic heterocycles. The highest BCUT2D eigenvalue weighted by Gasteiger charge is 2.19. The molecule has 1 saturated heterocycles. The van der Waals surface area contributed by atoms with Crippen molar-refractivity contribution < 1.29 is 24.1 Å². The minimum absolute atomic E-state index is 0.105. The molecular formula is C11H12O5. The Morgan fingerprint density at radius 1 is 1.31 bits per heavy atom. The summed E-state index contributed by atoms with van der Waals surface area (Å²) >= 11 is 0. The Morgan fingerprint density at radius 2 is 2.06 bits per heavy atom. The molecule has 1 aliphatic rings. The lowest BCUT2D eigenvalue weighted by Crippen LogP contribution is -2.32. The first-order valence-corrected chi connectivity index (χ1v) is 4.95. The average Bonchev–Trinajstić information content (AvgIpc) is 2.31. The number of aromatic hydroxyl groups is 1. The standard InChI is InChI=1S/C11H12O5/c12-9-3-1-8(2-4-9)11(13)16-10-7-14-5-6-15-10/h1-4,10,12H,5-7H2. The van der Waals surface area contributed by atoms with Crippen LogP contribution in [0.25, 0.3) is 0 Å². The quantitative estimate of drug-likeness (QED) is 0.757. The minimum atomic E-state index is -0.643. The van der Waals surface area contributed by atoms with Crippen molar-refractivity contribution in [2.75, 3.05) is 19.8 Å². The highest BCUT2D eigenvalue weighted by atomic mass is 16.7. The van der Waals surface area contributed by atoms with Gasteiger partial charge >= 0.3 is 5.97 Å². The van der Waals surface area contributed by atoms with Gasteiger partial charge in [-0.1, -0.05) is 0 Å². The highest BCUT2D eigenvalue weighted by molar-refractivity contribution is 5.89. The number of benzene rings is 1. The molecule has 5 heteroatoms. The first-order valence-electron chi connectivity index (χ1n) is 4.95. The van der Waals surface area contributed by atoms with Crippen molar-refractivity contribution in [3.8, 4) is 5.75 Å². The van der Waals surface area contributed by atoms with Crippen molar-refractivity contribution in [2.45, 2.75) is 6.29 Å². The molecule has 0 bridgehead atoms. The fourth-order valence-electron chi connectivity index (χ4n) is 1.32. The fraction of sp³-hybridized carbons (Fsp3) is 0.364. The molecule has 5 nitrogen and oxygen atoms in total. The van der Waals surface area contributed by atoms with Crippen molar-refractivity contribution in [3.63, 3.8) is 0 Å². The normalized spacial score (nSPS) is 20.4. The van der Waals surface area contributed by atoms with E-state index in [2.05, 4.69) is 0 Å². The highest BCUT2D eigenvalue weighted by Crippen LogP contribution is 2.12. The maximum Gasteiger partial charge on any atom is 0.340 e. The lowest BCUT2D eigenvalue weighted by atomic mass is 10.2. The molecule has 16 heavy (non-hydrogen) atoms. The molecule has 1 aliphatic heterocycles. The van der Waals surface area contributed by atoms with Crippen LogP contribution in [0.15, 0.2) is 24.3 Å². The summed E-state index contributed by atoms with van der Waals surface area (Å²) in [5.41, 5.74) is 0.368. The van der Waals surface area contributed by atoms with E-state index in [9.17, 15) is 4.79 Å². The predicted molar refractivity (Wildman–Crippen MR) is 54.1 cm³/mol. The Hall–Kier alpha value is -1.59. The van der Waals surface area contributed by atoms with Crippen LogP contribution in [0.5, 0.6) is 5.75 Å². The second kappa shape index (κ2) is 4.96. The molecular weight excluding hydrogens is 212 g/mol. The van der Waals surface area contributed by atoms with Crippen LogP contribution in [-0.2, 0) is 14.2 Å². The topological polar surface area (TPSA) is 65.0 Å². The van der Waals surface area contributed by atoms with Crippen LogP contribution in [-0.4, -0.2) is 37.2 Å². The Balaban J connectivity index is 1.94. The molecule has 0 amide bonds. The van der Waals surface area contributed by atoms with Crippen LogP contribution in [0.1, 0.15) is 10.4 Å². The third-order valence-corrected chi connectivity index (χ3v) is 2.13. The van der Waals surface area contributed by atoms with E-state index in [1.807, 2.05) is 0 Å². The molecule has 0 spiro atoms. The molecule has 0 aliphatic carbocycles. The van der Waals surface area contributed by atoms with Gasteiger partial charge in [-0.2, -0.15) is 0 Å². The Morgan fingerprint density at radius 3 is 2.69 bits per heavy atom. The van der Waals surface area contributed by atoms with E-state index in [1.165, 1.54) is 24.3 Å². The monoisotopic (exact) mass is 224 g/mol. The predicted octanol–water partition coefficient (Wildman–Crippen LogP) is 0.922. The number of hydrogen-bond donors (Lipinski definition) is 1. The first-order chi connectivity index (χ1) is 7.75. The maximum absolute atomic E-state index is 11.6. The zero-order valence-electron chi connectivity index (χ0n) is 8.59. The SMILES string of the molecule is O=C(OC1COCCO1)c1ccc(O)cc1. The third kappa shape index (κ3) is 2.71. The van der Waals surface area contributed by atoms with Crippen molar-refractivity contribution in [1.29, 1.82) is 0 Å². The van der Waals surface area contributed by atoms with E-state index in [0.29, 0.717) is 18.8 Å². The molecule has 0 saturated carbocycles. The van der Waals surface area contributed by atoms with Gasteiger partial charge in [0.15, 0.2) is 0 Å². The van der Waals surface area contributed by atoms with Crippen LogP contribution in [0, 0.1) is 0 Å². The molecule has 1 heterocycles. The smallest absolute Gasteiger partial charge is 0.340 e. The van der Waals surface area contributed by atoms with E-state index in [-0.39, 0.29) is 12.4 Å². The molecule has 2 rings (SSSR count). The molecule has 1 aromatic carbocycles. The molecule has 86 valence electrons. The molecule has 0 radical (unpaired) electrons. The number of ether oxygens (including phenoxy) is 3. The summed E-state index contributed by atoms with van der Waals surface area (Å²) in [7, 11) is 0. The third-order valence-electron chi connectivity index (χ3n) is 2.13. The van der Waals surface area contributed by atoms with Gasteiger partial charge in [0, 0.05) is 0 Å².